The van der Waals surface area contributed by atoms with E-state index in [4.69, 9.17) is 0 Å². The molecule has 2 aromatic heterocycles. The van der Waals surface area contributed by atoms with Gasteiger partial charge in [-0.25, -0.2) is 4.98 Å². The first kappa shape index (κ1) is 12.2. The second-order valence-corrected chi connectivity index (χ2v) is 5.55. The Hall–Kier alpha value is -1.84. The quantitative estimate of drug-likeness (QED) is 0.787. The van der Waals surface area contributed by atoms with Gasteiger partial charge in [-0.1, -0.05) is 13.0 Å². The summed E-state index contributed by atoms with van der Waals surface area (Å²) < 4.78 is 1.93. The largest absolute Gasteiger partial charge is 0.337 e. The van der Waals surface area contributed by atoms with Crippen molar-refractivity contribution < 1.29 is 4.79 Å². The van der Waals surface area contributed by atoms with Gasteiger partial charge in [-0.05, 0) is 37.3 Å². The lowest BCUT2D eigenvalue weighted by atomic mass is 10.0. The van der Waals surface area contributed by atoms with Crippen molar-refractivity contribution in [1.29, 1.82) is 0 Å². The summed E-state index contributed by atoms with van der Waals surface area (Å²) in [7, 11) is 0. The van der Waals surface area contributed by atoms with Crippen molar-refractivity contribution in [2.45, 2.75) is 26.7 Å². The molecule has 19 heavy (non-hydrogen) atoms. The zero-order chi connectivity index (χ0) is 13.4. The predicted octanol–water partition coefficient (Wildman–Crippen LogP) is 2.51. The van der Waals surface area contributed by atoms with Gasteiger partial charge in [0.15, 0.2) is 0 Å². The van der Waals surface area contributed by atoms with Crippen LogP contribution >= 0.6 is 0 Å². The van der Waals surface area contributed by atoms with E-state index in [1.807, 2.05) is 40.8 Å². The SMILES string of the molecule is Cc1cccn2cc(C(=O)N3CCC[C@H](C)C3)nc12. The molecule has 4 nitrogen and oxygen atoms in total. The van der Waals surface area contributed by atoms with E-state index in [0.717, 1.165) is 30.7 Å². The highest BCUT2D eigenvalue weighted by molar-refractivity contribution is 5.93. The van der Waals surface area contributed by atoms with Crippen LogP contribution in [0.2, 0.25) is 0 Å². The topological polar surface area (TPSA) is 37.6 Å². The van der Waals surface area contributed by atoms with Crippen LogP contribution in [0.1, 0.15) is 35.8 Å². The number of hydrogen-bond donors (Lipinski definition) is 0. The summed E-state index contributed by atoms with van der Waals surface area (Å²) in [4.78, 5) is 18.9. The minimum Gasteiger partial charge on any atom is -0.337 e. The highest BCUT2D eigenvalue weighted by Gasteiger charge is 2.23. The zero-order valence-electron chi connectivity index (χ0n) is 11.5. The van der Waals surface area contributed by atoms with Crippen molar-refractivity contribution in [1.82, 2.24) is 14.3 Å². The van der Waals surface area contributed by atoms with E-state index in [9.17, 15) is 4.79 Å². The van der Waals surface area contributed by atoms with Crippen LogP contribution in [0, 0.1) is 12.8 Å². The Morgan fingerprint density at radius 2 is 2.32 bits per heavy atom. The molecule has 1 saturated heterocycles. The lowest BCUT2D eigenvalue weighted by Gasteiger charge is -2.30. The molecule has 1 fully saturated rings. The van der Waals surface area contributed by atoms with E-state index in [0.29, 0.717) is 11.6 Å². The summed E-state index contributed by atoms with van der Waals surface area (Å²) in [6.45, 7) is 5.93. The van der Waals surface area contributed by atoms with E-state index in [1.54, 1.807) is 0 Å². The molecule has 0 unspecified atom stereocenters. The lowest BCUT2D eigenvalue weighted by molar-refractivity contribution is 0.0678. The molecule has 1 amide bonds. The van der Waals surface area contributed by atoms with Crippen molar-refractivity contribution in [2.75, 3.05) is 13.1 Å². The third kappa shape index (κ3) is 2.23. The van der Waals surface area contributed by atoms with E-state index >= 15 is 0 Å². The number of imidazole rings is 1. The summed E-state index contributed by atoms with van der Waals surface area (Å²) in [5.41, 5.74) is 2.52. The van der Waals surface area contributed by atoms with Crippen molar-refractivity contribution >= 4 is 11.6 Å². The summed E-state index contributed by atoms with van der Waals surface area (Å²) in [5, 5.41) is 0. The summed E-state index contributed by atoms with van der Waals surface area (Å²) >= 11 is 0. The Balaban J connectivity index is 1.91. The lowest BCUT2D eigenvalue weighted by Crippen LogP contribution is -2.39. The summed E-state index contributed by atoms with van der Waals surface area (Å²) in [6, 6.07) is 3.99. The van der Waals surface area contributed by atoms with Gasteiger partial charge in [0.25, 0.3) is 5.91 Å². The molecule has 0 radical (unpaired) electrons. The van der Waals surface area contributed by atoms with Gasteiger partial charge in [-0.15, -0.1) is 0 Å². The molecule has 1 aliphatic rings. The number of amides is 1. The van der Waals surface area contributed by atoms with E-state index in [-0.39, 0.29) is 5.91 Å². The van der Waals surface area contributed by atoms with Gasteiger partial charge in [-0.3, -0.25) is 4.79 Å². The minimum atomic E-state index is 0.0645. The molecular formula is C15H19N3O. The maximum Gasteiger partial charge on any atom is 0.274 e. The molecular weight excluding hydrogens is 238 g/mol. The Bertz CT molecular complexity index is 617. The number of fused-ring (bicyclic) bond motifs is 1. The standard InChI is InChI=1S/C15H19N3O/c1-11-5-3-8-18(9-11)15(19)13-10-17-7-4-6-12(2)14(17)16-13/h4,6-7,10-11H,3,5,8-9H2,1-2H3/t11-/m0/s1. The number of nitrogens with zero attached hydrogens (tertiary/aromatic N) is 3. The molecule has 100 valence electrons. The monoisotopic (exact) mass is 257 g/mol. The average molecular weight is 257 g/mol. The van der Waals surface area contributed by atoms with Crippen LogP contribution in [0.4, 0.5) is 0 Å². The van der Waals surface area contributed by atoms with Crippen LogP contribution < -0.4 is 0 Å². The average Bonchev–Trinajstić information content (AvgIpc) is 2.83. The molecule has 2 aromatic rings. The van der Waals surface area contributed by atoms with E-state index in [1.165, 1.54) is 6.42 Å². The highest BCUT2D eigenvalue weighted by atomic mass is 16.2. The van der Waals surface area contributed by atoms with E-state index < -0.39 is 0 Å². The minimum absolute atomic E-state index is 0.0645. The maximum atomic E-state index is 12.5. The normalized spacial score (nSPS) is 19.9. The number of likely N-dealkylation sites (tertiary alicyclic amines) is 1. The first-order valence-electron chi connectivity index (χ1n) is 6.89. The molecule has 1 atom stereocenters. The molecule has 0 aliphatic carbocycles. The molecule has 0 aromatic carbocycles. The molecule has 4 heteroatoms. The van der Waals surface area contributed by atoms with Crippen molar-refractivity contribution in [2.24, 2.45) is 5.92 Å². The van der Waals surface area contributed by atoms with Gasteiger partial charge in [0.05, 0.1) is 0 Å². The number of hydrogen-bond acceptors (Lipinski definition) is 2. The third-order valence-corrected chi connectivity index (χ3v) is 3.84. The van der Waals surface area contributed by atoms with Gasteiger partial charge in [0.1, 0.15) is 11.3 Å². The third-order valence-electron chi connectivity index (χ3n) is 3.84. The van der Waals surface area contributed by atoms with Crippen LogP contribution in [-0.2, 0) is 0 Å². The van der Waals surface area contributed by atoms with Gasteiger partial charge in [0, 0.05) is 25.5 Å². The second kappa shape index (κ2) is 4.68. The number of piperidine rings is 1. The van der Waals surface area contributed by atoms with Crippen LogP contribution in [0.5, 0.6) is 0 Å². The highest BCUT2D eigenvalue weighted by Crippen LogP contribution is 2.18. The molecule has 0 bridgehead atoms. The number of aromatic nitrogens is 2. The molecule has 0 N–H and O–H groups in total. The summed E-state index contributed by atoms with van der Waals surface area (Å²) in [5.74, 6) is 0.658. The number of carbonyl (C=O) groups excluding carboxylic acids is 1. The van der Waals surface area contributed by atoms with Gasteiger partial charge >= 0.3 is 0 Å². The van der Waals surface area contributed by atoms with Crippen molar-refractivity contribution in [3.05, 3.63) is 35.8 Å². The molecule has 1 aliphatic heterocycles. The fourth-order valence-corrected chi connectivity index (χ4v) is 2.79. The molecule has 3 rings (SSSR count). The van der Waals surface area contributed by atoms with Crippen LogP contribution in [0.3, 0.4) is 0 Å². The smallest absolute Gasteiger partial charge is 0.274 e. The Kier molecular flexibility index (Phi) is 3.01. The first-order chi connectivity index (χ1) is 9.15. The Morgan fingerprint density at radius 3 is 3.05 bits per heavy atom. The number of rotatable bonds is 1. The van der Waals surface area contributed by atoms with Gasteiger partial charge in [0.2, 0.25) is 0 Å². The number of aryl methyl sites for hydroxylation is 1. The Morgan fingerprint density at radius 1 is 1.47 bits per heavy atom. The fraction of sp³-hybridized carbons (Fsp3) is 0.467. The van der Waals surface area contributed by atoms with Crippen LogP contribution in [-0.4, -0.2) is 33.3 Å². The first-order valence-corrected chi connectivity index (χ1v) is 6.89. The predicted molar refractivity (Wildman–Crippen MR) is 74.2 cm³/mol. The molecule has 0 saturated carbocycles. The zero-order valence-corrected chi connectivity index (χ0v) is 11.5. The van der Waals surface area contributed by atoms with Gasteiger partial charge < -0.3 is 9.30 Å². The maximum absolute atomic E-state index is 12.5. The molecule has 3 heterocycles. The summed E-state index contributed by atoms with van der Waals surface area (Å²) in [6.07, 6.45) is 6.09. The number of pyridine rings is 1. The second-order valence-electron chi connectivity index (χ2n) is 5.55. The van der Waals surface area contributed by atoms with Crippen LogP contribution in [0.25, 0.3) is 5.65 Å². The van der Waals surface area contributed by atoms with Gasteiger partial charge in [-0.2, -0.15) is 0 Å². The molecule has 0 spiro atoms. The fourth-order valence-electron chi connectivity index (χ4n) is 2.79. The van der Waals surface area contributed by atoms with Crippen LogP contribution in [0.15, 0.2) is 24.5 Å². The van der Waals surface area contributed by atoms with Crippen molar-refractivity contribution in [3.63, 3.8) is 0 Å². The number of carbonyl (C=O) groups is 1. The Labute approximate surface area is 113 Å². The van der Waals surface area contributed by atoms with E-state index in [2.05, 4.69) is 11.9 Å². The van der Waals surface area contributed by atoms with Crippen molar-refractivity contribution in [3.8, 4) is 0 Å².